The number of ether oxygens (including phenoxy) is 1. The Hall–Kier alpha value is -2.47. The second-order valence-corrected chi connectivity index (χ2v) is 5.24. The highest BCUT2D eigenvalue weighted by Crippen LogP contribution is 2.22. The summed E-state index contributed by atoms with van der Waals surface area (Å²) in [5, 5.41) is 15.6. The molecule has 0 aliphatic carbocycles. The molecule has 0 spiro atoms. The van der Waals surface area contributed by atoms with Gasteiger partial charge < -0.3 is 24.9 Å². The molecule has 1 atom stereocenters. The number of urea groups is 1. The molecule has 6 nitrogen and oxygen atoms in total. The maximum absolute atomic E-state index is 11.9. The molecule has 0 saturated heterocycles. The van der Waals surface area contributed by atoms with Crippen LogP contribution in [0.15, 0.2) is 41.0 Å². The van der Waals surface area contributed by atoms with Gasteiger partial charge in [-0.3, -0.25) is 0 Å². The Labute approximate surface area is 129 Å². The number of carbonyl (C=O) groups excluding carboxylic acids is 1. The maximum Gasteiger partial charge on any atom is 0.319 e. The first-order valence-electron chi connectivity index (χ1n) is 6.88. The van der Waals surface area contributed by atoms with Gasteiger partial charge in [0.15, 0.2) is 0 Å². The summed E-state index contributed by atoms with van der Waals surface area (Å²) in [6.07, 6.45) is 1.48. The van der Waals surface area contributed by atoms with Gasteiger partial charge in [-0.05, 0) is 49.7 Å². The Morgan fingerprint density at radius 2 is 2.18 bits per heavy atom. The molecule has 118 valence electrons. The number of furan rings is 1. The number of benzene rings is 1. The largest absolute Gasteiger partial charge is 0.496 e. The first-order chi connectivity index (χ1) is 10.4. The molecule has 22 heavy (non-hydrogen) atoms. The molecule has 2 aromatic rings. The molecule has 0 bridgehead atoms. The molecule has 3 N–H and O–H groups in total. The van der Waals surface area contributed by atoms with Crippen molar-refractivity contribution in [1.29, 1.82) is 0 Å². The Bertz CT molecular complexity index is 636. The quantitative estimate of drug-likeness (QED) is 0.793. The van der Waals surface area contributed by atoms with Gasteiger partial charge in [0.2, 0.25) is 0 Å². The summed E-state index contributed by atoms with van der Waals surface area (Å²) in [4.78, 5) is 11.9. The second-order valence-electron chi connectivity index (χ2n) is 5.24. The fourth-order valence-corrected chi connectivity index (χ4v) is 2.06. The van der Waals surface area contributed by atoms with E-state index in [4.69, 9.17) is 9.15 Å². The average Bonchev–Trinajstić information content (AvgIpc) is 3.00. The van der Waals surface area contributed by atoms with Crippen LogP contribution in [0.4, 0.5) is 10.5 Å². The fourth-order valence-electron chi connectivity index (χ4n) is 2.06. The number of nitrogens with one attached hydrogen (secondary N) is 2. The van der Waals surface area contributed by atoms with Crippen LogP contribution in [0, 0.1) is 6.92 Å². The van der Waals surface area contributed by atoms with Crippen LogP contribution in [0.3, 0.4) is 0 Å². The topological polar surface area (TPSA) is 83.7 Å². The van der Waals surface area contributed by atoms with Crippen molar-refractivity contribution in [1.82, 2.24) is 5.32 Å². The zero-order valence-corrected chi connectivity index (χ0v) is 12.8. The summed E-state index contributed by atoms with van der Waals surface area (Å²) in [6.45, 7) is 3.49. The number of amides is 2. The molecule has 0 saturated carbocycles. The summed E-state index contributed by atoms with van der Waals surface area (Å²) in [6, 6.07) is 8.27. The third-order valence-corrected chi connectivity index (χ3v) is 3.30. The third kappa shape index (κ3) is 3.79. The van der Waals surface area contributed by atoms with Crippen molar-refractivity contribution in [2.75, 3.05) is 19.0 Å². The van der Waals surface area contributed by atoms with Crippen LogP contribution in [-0.4, -0.2) is 24.8 Å². The van der Waals surface area contributed by atoms with Crippen LogP contribution in [0.1, 0.15) is 18.2 Å². The number of hydrogen-bond acceptors (Lipinski definition) is 4. The zero-order valence-electron chi connectivity index (χ0n) is 12.8. The van der Waals surface area contributed by atoms with E-state index in [9.17, 15) is 9.90 Å². The number of methoxy groups -OCH3 is 1. The highest BCUT2D eigenvalue weighted by molar-refractivity contribution is 5.89. The van der Waals surface area contributed by atoms with E-state index >= 15 is 0 Å². The fraction of sp³-hybridized carbons (Fsp3) is 0.312. The van der Waals surface area contributed by atoms with E-state index in [0.29, 0.717) is 11.4 Å². The molecule has 1 aromatic carbocycles. The average molecular weight is 304 g/mol. The van der Waals surface area contributed by atoms with Crippen LogP contribution in [-0.2, 0) is 5.60 Å². The van der Waals surface area contributed by atoms with Crippen molar-refractivity contribution >= 4 is 11.7 Å². The predicted molar refractivity (Wildman–Crippen MR) is 83.0 cm³/mol. The summed E-state index contributed by atoms with van der Waals surface area (Å²) in [7, 11) is 1.60. The van der Waals surface area contributed by atoms with Crippen LogP contribution >= 0.6 is 0 Å². The molecule has 1 heterocycles. The van der Waals surface area contributed by atoms with Gasteiger partial charge in [-0.2, -0.15) is 0 Å². The lowest BCUT2D eigenvalue weighted by Crippen LogP contribution is -2.40. The lowest BCUT2D eigenvalue weighted by molar-refractivity contribution is 0.0372. The molecule has 0 radical (unpaired) electrons. The van der Waals surface area contributed by atoms with Crippen LogP contribution in [0.25, 0.3) is 0 Å². The normalized spacial score (nSPS) is 13.3. The van der Waals surface area contributed by atoms with Gasteiger partial charge in [0.05, 0.1) is 19.9 Å². The summed E-state index contributed by atoms with van der Waals surface area (Å²) < 4.78 is 10.3. The van der Waals surface area contributed by atoms with E-state index in [-0.39, 0.29) is 6.54 Å². The minimum Gasteiger partial charge on any atom is -0.496 e. The number of carbonyl (C=O) groups is 1. The van der Waals surface area contributed by atoms with E-state index in [1.165, 1.54) is 6.26 Å². The molecule has 2 rings (SSSR count). The molecule has 0 aliphatic heterocycles. The van der Waals surface area contributed by atoms with Gasteiger partial charge in [-0.25, -0.2) is 4.79 Å². The predicted octanol–water partition coefficient (Wildman–Crippen LogP) is 2.63. The number of aliphatic hydroxyl groups is 1. The summed E-state index contributed by atoms with van der Waals surface area (Å²) in [5.74, 6) is 1.15. The first kappa shape index (κ1) is 15.9. The second kappa shape index (κ2) is 6.53. The highest BCUT2D eigenvalue weighted by atomic mass is 16.5. The molecule has 0 fully saturated rings. The Morgan fingerprint density at radius 3 is 2.77 bits per heavy atom. The SMILES string of the molecule is COc1ccc(NC(=O)NCC(C)(O)c2ccco2)cc1C. The van der Waals surface area contributed by atoms with Gasteiger partial charge in [0.25, 0.3) is 0 Å². The minimum atomic E-state index is -1.27. The van der Waals surface area contributed by atoms with Gasteiger partial charge in [0.1, 0.15) is 17.1 Å². The lowest BCUT2D eigenvalue weighted by Gasteiger charge is -2.21. The smallest absolute Gasteiger partial charge is 0.319 e. The van der Waals surface area contributed by atoms with Crippen molar-refractivity contribution in [3.8, 4) is 5.75 Å². The lowest BCUT2D eigenvalue weighted by atomic mass is 10.0. The van der Waals surface area contributed by atoms with Crippen molar-refractivity contribution in [3.63, 3.8) is 0 Å². The van der Waals surface area contributed by atoms with Crippen LogP contribution in [0.5, 0.6) is 5.75 Å². The Morgan fingerprint density at radius 1 is 1.41 bits per heavy atom. The number of anilines is 1. The molecular formula is C16H20N2O4. The van der Waals surface area contributed by atoms with Crippen molar-refractivity contribution in [2.24, 2.45) is 0 Å². The molecule has 2 amide bonds. The standard InChI is InChI=1S/C16H20N2O4/c1-11-9-12(6-7-13(11)21-3)18-15(19)17-10-16(2,20)14-5-4-8-22-14/h4-9,20H,10H2,1-3H3,(H2,17,18,19). The summed E-state index contributed by atoms with van der Waals surface area (Å²) >= 11 is 0. The van der Waals surface area contributed by atoms with Gasteiger partial charge in [0, 0.05) is 5.69 Å². The summed E-state index contributed by atoms with van der Waals surface area (Å²) in [5.41, 5.74) is 0.299. The maximum atomic E-state index is 11.9. The monoisotopic (exact) mass is 304 g/mol. The Kier molecular flexibility index (Phi) is 4.72. The van der Waals surface area contributed by atoms with Gasteiger partial charge in [-0.1, -0.05) is 0 Å². The number of aryl methyl sites for hydroxylation is 1. The molecule has 1 aromatic heterocycles. The van der Waals surface area contributed by atoms with E-state index < -0.39 is 11.6 Å². The van der Waals surface area contributed by atoms with Gasteiger partial charge >= 0.3 is 6.03 Å². The first-order valence-corrected chi connectivity index (χ1v) is 6.88. The van der Waals surface area contributed by atoms with E-state index in [1.54, 1.807) is 38.3 Å². The molecule has 1 unspecified atom stereocenters. The zero-order chi connectivity index (χ0) is 16.2. The van der Waals surface area contributed by atoms with Crippen molar-refractivity contribution in [2.45, 2.75) is 19.4 Å². The van der Waals surface area contributed by atoms with Crippen LogP contribution in [0.2, 0.25) is 0 Å². The van der Waals surface area contributed by atoms with E-state index in [2.05, 4.69) is 10.6 Å². The van der Waals surface area contributed by atoms with Crippen molar-refractivity contribution in [3.05, 3.63) is 47.9 Å². The van der Waals surface area contributed by atoms with E-state index in [1.807, 2.05) is 13.0 Å². The molecular weight excluding hydrogens is 284 g/mol. The minimum absolute atomic E-state index is 0.0292. The van der Waals surface area contributed by atoms with Crippen LogP contribution < -0.4 is 15.4 Å². The van der Waals surface area contributed by atoms with E-state index in [0.717, 1.165) is 11.3 Å². The number of rotatable bonds is 5. The third-order valence-electron chi connectivity index (χ3n) is 3.30. The number of hydrogen-bond donors (Lipinski definition) is 3. The highest BCUT2D eigenvalue weighted by Gasteiger charge is 2.26. The Balaban J connectivity index is 1.92. The van der Waals surface area contributed by atoms with Crippen molar-refractivity contribution < 1.29 is 19.1 Å². The molecule has 0 aliphatic rings. The van der Waals surface area contributed by atoms with Gasteiger partial charge in [-0.15, -0.1) is 0 Å². The molecule has 6 heteroatoms.